The minimum Gasteiger partial charge on any atom is -0.409 e. The van der Waals surface area contributed by atoms with Crippen LogP contribution in [0.5, 0.6) is 0 Å². The highest BCUT2D eigenvalue weighted by Crippen LogP contribution is 2.20. The van der Waals surface area contributed by atoms with E-state index in [1.54, 1.807) is 0 Å². The van der Waals surface area contributed by atoms with Crippen molar-refractivity contribution in [3.05, 3.63) is 24.6 Å². The average molecular weight is 457 g/mol. The largest absolute Gasteiger partial charge is 0.409 e. The van der Waals surface area contributed by atoms with Crippen LogP contribution < -0.4 is 0 Å². The van der Waals surface area contributed by atoms with Crippen molar-refractivity contribution in [3.8, 4) is 0 Å². The fourth-order valence-electron chi connectivity index (χ4n) is 3.39. The van der Waals surface area contributed by atoms with Crippen LogP contribution in [0.25, 0.3) is 0 Å². The molecular weight excluding hydrogens is 404 g/mol. The molecule has 0 aromatic heterocycles. The average Bonchev–Trinajstić information content (AvgIpc) is 2.72. The number of rotatable bonds is 22. The number of unbranched alkanes of at least 4 members (excludes halogenated alkanes) is 12. The second-order valence-electron chi connectivity index (χ2n) is 9.34. The Bertz CT molecular complexity index is 431. The lowest BCUT2D eigenvalue weighted by Gasteiger charge is -2.33. The molecule has 0 aliphatic rings. The van der Waals surface area contributed by atoms with E-state index in [4.69, 9.17) is 13.0 Å². The third-order valence-corrected chi connectivity index (χ3v) is 11.7. The summed E-state index contributed by atoms with van der Waals surface area (Å²) in [6.07, 6.45) is 17.7. The van der Waals surface area contributed by atoms with Gasteiger partial charge in [-0.05, 0) is 25.4 Å². The molecule has 0 saturated carbocycles. The Kier molecular flexibility index (Phi) is 18.2. The lowest BCUT2D eigenvalue weighted by molar-refractivity contribution is 0.185. The van der Waals surface area contributed by atoms with E-state index in [0.717, 1.165) is 13.0 Å². The lowest BCUT2D eigenvalue weighted by Crippen LogP contribution is -2.50. The Morgan fingerprint density at radius 2 is 1.07 bits per heavy atom. The van der Waals surface area contributed by atoms with E-state index in [1.807, 2.05) is 17.9 Å². The third kappa shape index (κ3) is 16.5. The first-order chi connectivity index (χ1) is 14.3. The van der Waals surface area contributed by atoms with Crippen LogP contribution in [-0.4, -0.2) is 30.3 Å². The van der Waals surface area contributed by atoms with Crippen molar-refractivity contribution in [2.45, 2.75) is 117 Å². The summed E-state index contributed by atoms with van der Waals surface area (Å²) < 4.78 is 18.6. The van der Waals surface area contributed by atoms with Crippen LogP contribution in [0.15, 0.2) is 24.6 Å². The molecule has 0 bridgehead atoms. The van der Waals surface area contributed by atoms with Crippen molar-refractivity contribution in [2.24, 2.45) is 5.92 Å². The summed E-state index contributed by atoms with van der Waals surface area (Å²) in [6, 6.07) is 0. The van der Waals surface area contributed by atoms with Gasteiger partial charge >= 0.3 is 17.1 Å². The minimum atomic E-state index is -2.43. The van der Waals surface area contributed by atoms with Crippen LogP contribution >= 0.6 is 0 Å². The molecule has 0 aliphatic heterocycles. The molecule has 0 amide bonds. The summed E-state index contributed by atoms with van der Waals surface area (Å²) in [5.41, 5.74) is 3.74. The summed E-state index contributed by atoms with van der Waals surface area (Å²) in [5.74, 6) is 0.476. The molecule has 3 nitrogen and oxygen atoms in total. The van der Waals surface area contributed by atoms with E-state index in [9.17, 15) is 0 Å². The molecule has 5 heteroatoms. The lowest BCUT2D eigenvalue weighted by atomic mass is 10.0. The van der Waals surface area contributed by atoms with Crippen LogP contribution in [0.1, 0.15) is 104 Å². The first-order valence-corrected chi connectivity index (χ1v) is 17.3. The first-order valence-electron chi connectivity index (χ1n) is 12.6. The molecule has 0 spiro atoms. The molecule has 0 aromatic carbocycles. The first kappa shape index (κ1) is 29.8. The highest BCUT2D eigenvalue weighted by Gasteiger charge is 2.39. The Morgan fingerprint density at radius 1 is 0.667 bits per heavy atom. The molecule has 0 heterocycles. The molecule has 0 aliphatic carbocycles. The Balaban J connectivity index is 3.83. The standard InChI is InChI=1S/C25H52O3Si2/c1-8-11-12-13-14-15-16-17-18-19-20-21-22-23-26-29(6,9-2)28-30(7,10-3)27-24-25(4)5/h9-10,25H,2-3,8,11-24H2,1,4-7H3. The second-order valence-corrected chi connectivity index (χ2v) is 15.6. The Morgan fingerprint density at radius 3 is 1.47 bits per heavy atom. The summed E-state index contributed by atoms with van der Waals surface area (Å²) in [7, 11) is -4.85. The minimum absolute atomic E-state index is 0.476. The quantitative estimate of drug-likeness (QED) is 0.121. The number of hydrogen-bond acceptors (Lipinski definition) is 3. The van der Waals surface area contributed by atoms with E-state index < -0.39 is 17.1 Å². The van der Waals surface area contributed by atoms with Crippen molar-refractivity contribution < 1.29 is 13.0 Å². The van der Waals surface area contributed by atoms with Crippen LogP contribution in [0.3, 0.4) is 0 Å². The predicted molar refractivity (Wildman–Crippen MR) is 137 cm³/mol. The highest BCUT2D eigenvalue weighted by atomic mass is 28.5. The molecule has 30 heavy (non-hydrogen) atoms. The fraction of sp³-hybridized carbons (Fsp3) is 0.840. The summed E-state index contributed by atoms with van der Waals surface area (Å²) in [5, 5.41) is 0. The van der Waals surface area contributed by atoms with Gasteiger partial charge in [0.2, 0.25) is 0 Å². The topological polar surface area (TPSA) is 27.7 Å². The molecule has 0 N–H and O–H groups in total. The molecular formula is C25H52O3Si2. The summed E-state index contributed by atoms with van der Waals surface area (Å²) >= 11 is 0. The van der Waals surface area contributed by atoms with Gasteiger partial charge in [0.1, 0.15) is 0 Å². The Hall–Kier alpha value is -0.206. The van der Waals surface area contributed by atoms with Gasteiger partial charge in [-0.15, -0.1) is 13.2 Å². The van der Waals surface area contributed by atoms with Gasteiger partial charge in [0.25, 0.3) is 0 Å². The smallest absolute Gasteiger partial charge is 0.352 e. The molecule has 0 aromatic rings. The molecule has 178 valence electrons. The summed E-state index contributed by atoms with van der Waals surface area (Å²) in [6.45, 7) is 20.0. The normalized spacial score (nSPS) is 15.7. The van der Waals surface area contributed by atoms with Gasteiger partial charge in [0.15, 0.2) is 0 Å². The maximum absolute atomic E-state index is 6.38. The fourth-order valence-corrected chi connectivity index (χ4v) is 9.20. The molecule has 0 saturated heterocycles. The van der Waals surface area contributed by atoms with E-state index in [-0.39, 0.29) is 0 Å². The van der Waals surface area contributed by atoms with Gasteiger partial charge in [-0.3, -0.25) is 0 Å². The number of hydrogen-bond donors (Lipinski definition) is 0. The van der Waals surface area contributed by atoms with Crippen LogP contribution in [0.2, 0.25) is 13.1 Å². The van der Waals surface area contributed by atoms with Gasteiger partial charge < -0.3 is 13.0 Å². The van der Waals surface area contributed by atoms with Crippen molar-refractivity contribution >= 4 is 17.1 Å². The van der Waals surface area contributed by atoms with Crippen molar-refractivity contribution in [1.29, 1.82) is 0 Å². The zero-order valence-corrected chi connectivity index (χ0v) is 23.0. The second kappa shape index (κ2) is 18.4. The SMILES string of the molecule is C=C[Si](C)(OCCCCCCCCCCCCCCC)O[Si](C)(C=C)OCC(C)C. The van der Waals surface area contributed by atoms with Crippen molar-refractivity contribution in [1.82, 2.24) is 0 Å². The van der Waals surface area contributed by atoms with Crippen LogP contribution in [-0.2, 0) is 13.0 Å². The zero-order chi connectivity index (χ0) is 22.7. The monoisotopic (exact) mass is 456 g/mol. The van der Waals surface area contributed by atoms with Crippen molar-refractivity contribution in [3.63, 3.8) is 0 Å². The van der Waals surface area contributed by atoms with E-state index in [0.29, 0.717) is 12.5 Å². The molecule has 2 unspecified atom stereocenters. The van der Waals surface area contributed by atoms with Crippen molar-refractivity contribution in [2.75, 3.05) is 13.2 Å². The third-order valence-electron chi connectivity index (χ3n) is 5.49. The van der Waals surface area contributed by atoms with Gasteiger partial charge in [-0.2, -0.15) is 0 Å². The van der Waals surface area contributed by atoms with Gasteiger partial charge in [0.05, 0.1) is 0 Å². The predicted octanol–water partition coefficient (Wildman–Crippen LogP) is 8.38. The molecule has 0 radical (unpaired) electrons. The maximum Gasteiger partial charge on any atom is 0.352 e. The molecule has 2 atom stereocenters. The molecule has 0 rings (SSSR count). The Labute approximate surface area is 191 Å². The van der Waals surface area contributed by atoms with Gasteiger partial charge in [0, 0.05) is 13.2 Å². The van der Waals surface area contributed by atoms with Crippen LogP contribution in [0, 0.1) is 5.92 Å². The zero-order valence-electron chi connectivity index (χ0n) is 21.0. The van der Waals surface area contributed by atoms with E-state index in [1.165, 1.54) is 77.0 Å². The highest BCUT2D eigenvalue weighted by molar-refractivity contribution is 6.84. The van der Waals surface area contributed by atoms with Gasteiger partial charge in [-0.1, -0.05) is 109 Å². The summed E-state index contributed by atoms with van der Waals surface area (Å²) in [4.78, 5) is 0. The van der Waals surface area contributed by atoms with Gasteiger partial charge in [-0.25, -0.2) is 0 Å². The van der Waals surface area contributed by atoms with E-state index >= 15 is 0 Å². The van der Waals surface area contributed by atoms with Crippen LogP contribution in [0.4, 0.5) is 0 Å². The van der Waals surface area contributed by atoms with E-state index in [2.05, 4.69) is 40.5 Å². The molecule has 0 fully saturated rings. The maximum atomic E-state index is 6.38.